The molecule has 1 aromatic rings. The van der Waals surface area contributed by atoms with Crippen LogP contribution in [0.1, 0.15) is 39.0 Å². The van der Waals surface area contributed by atoms with Gasteiger partial charge in [0.15, 0.2) is 17.5 Å². The van der Waals surface area contributed by atoms with Gasteiger partial charge in [-0.15, -0.1) is 0 Å². The molecular weight excluding hydrogens is 342 g/mol. The van der Waals surface area contributed by atoms with E-state index < -0.39 is 0 Å². The first-order valence-electron chi connectivity index (χ1n) is 10.1. The lowest BCUT2D eigenvalue weighted by molar-refractivity contribution is 0.0935. The molecule has 6 nitrogen and oxygen atoms in total. The van der Waals surface area contributed by atoms with E-state index in [0.717, 1.165) is 43.6 Å². The van der Waals surface area contributed by atoms with Gasteiger partial charge in [0, 0.05) is 26.8 Å². The molecule has 2 N–H and O–H groups in total. The summed E-state index contributed by atoms with van der Waals surface area (Å²) in [6.45, 7) is 5.78. The van der Waals surface area contributed by atoms with Crippen LogP contribution >= 0.6 is 0 Å². The van der Waals surface area contributed by atoms with Gasteiger partial charge >= 0.3 is 0 Å². The van der Waals surface area contributed by atoms with Gasteiger partial charge in [-0.1, -0.05) is 25.0 Å². The fourth-order valence-corrected chi connectivity index (χ4v) is 3.89. The van der Waals surface area contributed by atoms with E-state index in [-0.39, 0.29) is 6.10 Å². The lowest BCUT2D eigenvalue weighted by Gasteiger charge is -2.28. The zero-order chi connectivity index (χ0) is 19.0. The van der Waals surface area contributed by atoms with Crippen LogP contribution in [0.5, 0.6) is 11.5 Å². The van der Waals surface area contributed by atoms with Crippen molar-refractivity contribution in [3.05, 3.63) is 24.3 Å². The molecule has 1 aliphatic carbocycles. The van der Waals surface area contributed by atoms with Crippen LogP contribution < -0.4 is 20.1 Å². The average Bonchev–Trinajstić information content (AvgIpc) is 3.17. The molecule has 0 spiro atoms. The lowest BCUT2D eigenvalue weighted by Crippen LogP contribution is -2.45. The Balaban J connectivity index is 1.55. The molecular formula is C21H33N3O3. The number of hydrogen-bond acceptors (Lipinski definition) is 4. The molecule has 27 heavy (non-hydrogen) atoms. The summed E-state index contributed by atoms with van der Waals surface area (Å²) in [6, 6.07) is 7.80. The third kappa shape index (κ3) is 5.51. The minimum absolute atomic E-state index is 0.0299. The van der Waals surface area contributed by atoms with Crippen molar-refractivity contribution in [2.45, 2.75) is 45.1 Å². The maximum absolute atomic E-state index is 6.02. The molecule has 150 valence electrons. The summed E-state index contributed by atoms with van der Waals surface area (Å²) in [4.78, 5) is 4.89. The Bertz CT molecular complexity index is 614. The standard InChI is InChI=1S/C21H33N3O3/c1-3-22-20(24-16-21(12-13-25-2)10-6-7-11-21)23-14-17-15-26-18-8-4-5-9-19(18)27-17/h4-5,8-9,17H,3,6-7,10-16H2,1-2H3,(H2,22,23,24). The Morgan fingerprint density at radius 1 is 1.22 bits per heavy atom. The zero-order valence-electron chi connectivity index (χ0n) is 16.6. The molecule has 6 heteroatoms. The highest BCUT2D eigenvalue weighted by Gasteiger charge is 2.33. The predicted octanol–water partition coefficient (Wildman–Crippen LogP) is 2.98. The first-order chi connectivity index (χ1) is 13.2. The maximum atomic E-state index is 6.02. The Kier molecular flexibility index (Phi) is 7.21. The van der Waals surface area contributed by atoms with Gasteiger partial charge in [0.2, 0.25) is 0 Å². The number of guanidine groups is 1. The lowest BCUT2D eigenvalue weighted by atomic mass is 9.83. The number of methoxy groups -OCH3 is 1. The van der Waals surface area contributed by atoms with Crippen LogP contribution in [-0.4, -0.2) is 52.0 Å². The third-order valence-electron chi connectivity index (χ3n) is 5.48. The van der Waals surface area contributed by atoms with Gasteiger partial charge in [-0.2, -0.15) is 0 Å². The highest BCUT2D eigenvalue weighted by atomic mass is 16.6. The second-order valence-corrected chi connectivity index (χ2v) is 7.52. The summed E-state index contributed by atoms with van der Waals surface area (Å²) >= 11 is 0. The molecule has 0 amide bonds. The third-order valence-corrected chi connectivity index (χ3v) is 5.48. The van der Waals surface area contributed by atoms with Crippen molar-refractivity contribution >= 4 is 5.96 Å². The number of ether oxygens (including phenoxy) is 3. The van der Waals surface area contributed by atoms with Gasteiger partial charge in [-0.25, -0.2) is 0 Å². The summed E-state index contributed by atoms with van der Waals surface area (Å²) in [7, 11) is 1.78. The van der Waals surface area contributed by atoms with E-state index in [1.54, 1.807) is 7.11 Å². The van der Waals surface area contributed by atoms with Gasteiger partial charge in [-0.05, 0) is 43.7 Å². The Labute approximate surface area is 162 Å². The van der Waals surface area contributed by atoms with Crippen LogP contribution in [0.15, 0.2) is 29.3 Å². The summed E-state index contributed by atoms with van der Waals surface area (Å²) < 4.78 is 17.1. The molecule has 1 aromatic carbocycles. The number of fused-ring (bicyclic) bond motifs is 1. The molecule has 3 rings (SSSR count). The van der Waals surface area contributed by atoms with Crippen LogP contribution in [0, 0.1) is 5.41 Å². The second-order valence-electron chi connectivity index (χ2n) is 7.52. The Morgan fingerprint density at radius 3 is 2.74 bits per heavy atom. The molecule has 2 aliphatic rings. The molecule has 1 aliphatic heterocycles. The van der Waals surface area contributed by atoms with Crippen molar-refractivity contribution in [1.82, 2.24) is 10.6 Å². The van der Waals surface area contributed by atoms with Crippen LogP contribution in [0.3, 0.4) is 0 Å². The quantitative estimate of drug-likeness (QED) is 0.540. The number of para-hydroxylation sites is 2. The van der Waals surface area contributed by atoms with E-state index in [0.29, 0.717) is 18.6 Å². The molecule has 0 saturated heterocycles. The van der Waals surface area contributed by atoms with Crippen LogP contribution in [-0.2, 0) is 4.74 Å². The number of hydrogen-bond donors (Lipinski definition) is 2. The summed E-state index contributed by atoms with van der Waals surface area (Å²) in [5.74, 6) is 2.47. The Morgan fingerprint density at radius 2 is 2.00 bits per heavy atom. The summed E-state index contributed by atoms with van der Waals surface area (Å²) in [6.07, 6.45) is 6.15. The van der Waals surface area contributed by atoms with Gasteiger partial charge in [0.25, 0.3) is 0 Å². The molecule has 1 heterocycles. The summed E-state index contributed by atoms with van der Waals surface area (Å²) in [5, 5.41) is 6.77. The number of benzene rings is 1. The molecule has 1 saturated carbocycles. The SMILES string of the molecule is CCNC(=NCC1(CCOC)CCCC1)NCC1COc2ccccc2O1. The van der Waals surface area contributed by atoms with Crippen molar-refractivity contribution in [2.75, 3.05) is 40.0 Å². The van der Waals surface area contributed by atoms with E-state index in [4.69, 9.17) is 19.2 Å². The minimum atomic E-state index is -0.0299. The largest absolute Gasteiger partial charge is 0.486 e. The van der Waals surface area contributed by atoms with E-state index >= 15 is 0 Å². The second kappa shape index (κ2) is 9.83. The van der Waals surface area contributed by atoms with Crippen molar-refractivity contribution in [3.63, 3.8) is 0 Å². The molecule has 0 radical (unpaired) electrons. The van der Waals surface area contributed by atoms with E-state index in [1.165, 1.54) is 25.7 Å². The molecule has 1 unspecified atom stereocenters. The van der Waals surface area contributed by atoms with E-state index in [2.05, 4.69) is 17.6 Å². The molecule has 1 atom stereocenters. The number of rotatable bonds is 8. The smallest absolute Gasteiger partial charge is 0.191 e. The fraction of sp³-hybridized carbons (Fsp3) is 0.667. The van der Waals surface area contributed by atoms with Crippen molar-refractivity contribution < 1.29 is 14.2 Å². The highest BCUT2D eigenvalue weighted by molar-refractivity contribution is 5.79. The van der Waals surface area contributed by atoms with Crippen molar-refractivity contribution in [2.24, 2.45) is 10.4 Å². The van der Waals surface area contributed by atoms with Gasteiger partial charge in [0.05, 0.1) is 6.54 Å². The van der Waals surface area contributed by atoms with Gasteiger partial charge in [0.1, 0.15) is 12.7 Å². The monoisotopic (exact) mass is 375 g/mol. The van der Waals surface area contributed by atoms with Crippen molar-refractivity contribution in [3.8, 4) is 11.5 Å². The number of nitrogens with zero attached hydrogens (tertiary/aromatic N) is 1. The van der Waals surface area contributed by atoms with Gasteiger partial charge < -0.3 is 24.8 Å². The normalized spacial score (nSPS) is 21.1. The first kappa shape index (κ1) is 19.8. The predicted molar refractivity (Wildman–Crippen MR) is 108 cm³/mol. The zero-order valence-corrected chi connectivity index (χ0v) is 16.6. The minimum Gasteiger partial charge on any atom is -0.486 e. The number of aliphatic imine (C=N–C) groups is 1. The van der Waals surface area contributed by atoms with Crippen LogP contribution in [0.2, 0.25) is 0 Å². The first-order valence-corrected chi connectivity index (χ1v) is 10.1. The van der Waals surface area contributed by atoms with Crippen LogP contribution in [0.25, 0.3) is 0 Å². The van der Waals surface area contributed by atoms with E-state index in [1.807, 2.05) is 24.3 Å². The maximum Gasteiger partial charge on any atom is 0.191 e. The average molecular weight is 376 g/mol. The van der Waals surface area contributed by atoms with E-state index in [9.17, 15) is 0 Å². The molecule has 0 bridgehead atoms. The summed E-state index contributed by atoms with van der Waals surface area (Å²) in [5.41, 5.74) is 0.293. The van der Waals surface area contributed by atoms with Crippen molar-refractivity contribution in [1.29, 1.82) is 0 Å². The molecule has 1 fully saturated rings. The van der Waals surface area contributed by atoms with Gasteiger partial charge in [-0.3, -0.25) is 4.99 Å². The topological polar surface area (TPSA) is 64.1 Å². The molecule has 0 aromatic heterocycles. The van der Waals surface area contributed by atoms with Crippen LogP contribution in [0.4, 0.5) is 0 Å². The highest BCUT2D eigenvalue weighted by Crippen LogP contribution is 2.41. The Hall–Kier alpha value is -1.95. The fourth-order valence-electron chi connectivity index (χ4n) is 3.89. The number of nitrogens with one attached hydrogen (secondary N) is 2.